The molecule has 11 heavy (non-hydrogen) atoms. The number of pyridine rings is 1. The summed E-state index contributed by atoms with van der Waals surface area (Å²) >= 11 is 5.52. The lowest BCUT2D eigenvalue weighted by atomic mass is 9.81. The van der Waals surface area contributed by atoms with Crippen LogP contribution in [0.15, 0.2) is 12.3 Å². The largest absolute Gasteiger partial charge is 0.492 e. The molecule has 0 amide bonds. The Kier molecular flexibility index (Phi) is 2.33. The van der Waals surface area contributed by atoms with Gasteiger partial charge in [-0.15, -0.1) is 0 Å². The van der Waals surface area contributed by atoms with Crippen molar-refractivity contribution >= 4 is 30.0 Å². The van der Waals surface area contributed by atoms with Crippen LogP contribution in [-0.4, -0.2) is 22.2 Å². The maximum absolute atomic E-state index is 8.71. The van der Waals surface area contributed by atoms with Crippen LogP contribution < -0.4 is 11.2 Å². The van der Waals surface area contributed by atoms with E-state index in [-0.39, 0.29) is 11.3 Å². The van der Waals surface area contributed by atoms with Crippen molar-refractivity contribution < 1.29 is 10.0 Å². The van der Waals surface area contributed by atoms with Crippen molar-refractivity contribution in [2.45, 2.75) is 0 Å². The topological polar surface area (TPSA) is 79.4 Å². The molecule has 0 bridgehead atoms. The third-order valence-electron chi connectivity index (χ3n) is 1.19. The van der Waals surface area contributed by atoms with Crippen LogP contribution >= 0.6 is 11.6 Å². The van der Waals surface area contributed by atoms with E-state index in [1.54, 1.807) is 0 Å². The van der Waals surface area contributed by atoms with Crippen molar-refractivity contribution in [1.29, 1.82) is 0 Å². The van der Waals surface area contributed by atoms with Gasteiger partial charge in [-0.2, -0.15) is 0 Å². The summed E-state index contributed by atoms with van der Waals surface area (Å²) in [6, 6.07) is 1.36. The summed E-state index contributed by atoms with van der Waals surface area (Å²) in [6.07, 6.45) is 1.34. The van der Waals surface area contributed by atoms with Gasteiger partial charge in [0.15, 0.2) is 0 Å². The Balaban J connectivity index is 3.13. The molecular weight excluding hydrogens is 166 g/mol. The third-order valence-corrected chi connectivity index (χ3v) is 1.40. The van der Waals surface area contributed by atoms with Gasteiger partial charge in [-0.1, -0.05) is 11.6 Å². The van der Waals surface area contributed by atoms with E-state index in [2.05, 4.69) is 4.98 Å². The molecule has 1 aromatic rings. The number of nitrogen functional groups attached to an aromatic ring is 1. The van der Waals surface area contributed by atoms with E-state index in [4.69, 9.17) is 27.4 Å². The number of aromatic nitrogens is 1. The zero-order valence-corrected chi connectivity index (χ0v) is 6.28. The Bertz CT molecular complexity index is 269. The molecule has 0 unspecified atom stereocenters. The molecule has 0 aromatic carbocycles. The molecule has 0 radical (unpaired) electrons. The molecule has 4 nitrogen and oxygen atoms in total. The van der Waals surface area contributed by atoms with Gasteiger partial charge in [0.2, 0.25) is 0 Å². The van der Waals surface area contributed by atoms with E-state index in [0.29, 0.717) is 5.02 Å². The molecule has 0 aliphatic carbocycles. The van der Waals surface area contributed by atoms with Crippen LogP contribution in [0, 0.1) is 0 Å². The zero-order valence-electron chi connectivity index (χ0n) is 5.53. The predicted molar refractivity (Wildman–Crippen MR) is 43.5 cm³/mol. The summed E-state index contributed by atoms with van der Waals surface area (Å²) in [7, 11) is -1.62. The lowest BCUT2D eigenvalue weighted by Crippen LogP contribution is -2.32. The average molecular weight is 172 g/mol. The Morgan fingerprint density at radius 3 is 2.64 bits per heavy atom. The van der Waals surface area contributed by atoms with E-state index in [0.717, 1.165) is 0 Å². The second-order valence-corrected chi connectivity index (χ2v) is 2.44. The maximum Gasteiger partial charge on any atom is 0.492 e. The van der Waals surface area contributed by atoms with Gasteiger partial charge in [-0.25, -0.2) is 4.98 Å². The van der Waals surface area contributed by atoms with E-state index < -0.39 is 7.12 Å². The second-order valence-electron chi connectivity index (χ2n) is 2.00. The molecule has 1 heterocycles. The van der Waals surface area contributed by atoms with Crippen molar-refractivity contribution in [2.75, 3.05) is 5.73 Å². The molecule has 0 aliphatic heterocycles. The van der Waals surface area contributed by atoms with Crippen LogP contribution in [0.5, 0.6) is 0 Å². The first-order valence-electron chi connectivity index (χ1n) is 2.88. The second kappa shape index (κ2) is 3.08. The summed E-state index contributed by atoms with van der Waals surface area (Å²) in [5.41, 5.74) is 5.42. The van der Waals surface area contributed by atoms with E-state index in [1.165, 1.54) is 12.3 Å². The highest BCUT2D eigenvalue weighted by Gasteiger charge is 2.15. The Labute approximate surface area is 68.8 Å². The molecule has 58 valence electrons. The first-order chi connectivity index (χ1) is 5.11. The molecule has 1 rings (SSSR count). The average Bonchev–Trinajstić information content (AvgIpc) is 1.94. The smallest absolute Gasteiger partial charge is 0.423 e. The summed E-state index contributed by atoms with van der Waals surface area (Å²) in [4.78, 5) is 3.63. The van der Waals surface area contributed by atoms with Gasteiger partial charge >= 0.3 is 7.12 Å². The fourth-order valence-electron chi connectivity index (χ4n) is 0.672. The molecule has 0 aliphatic rings. The lowest BCUT2D eigenvalue weighted by Gasteiger charge is -2.02. The number of rotatable bonds is 1. The van der Waals surface area contributed by atoms with Crippen LogP contribution in [0.2, 0.25) is 5.02 Å². The van der Waals surface area contributed by atoms with Crippen molar-refractivity contribution in [3.8, 4) is 0 Å². The molecule has 6 heteroatoms. The highest BCUT2D eigenvalue weighted by molar-refractivity contribution is 6.60. The molecule has 0 saturated carbocycles. The standard InChI is InChI=1S/C5H6BClN2O2/c7-3-1-4(6(10)11)5(8)9-2-3/h1-2,10-11H,(H2,8,9). The van der Waals surface area contributed by atoms with Crippen LogP contribution in [0.1, 0.15) is 0 Å². The van der Waals surface area contributed by atoms with Crippen molar-refractivity contribution in [3.63, 3.8) is 0 Å². The van der Waals surface area contributed by atoms with E-state index in [9.17, 15) is 0 Å². The Morgan fingerprint density at radius 1 is 1.55 bits per heavy atom. The number of hydrogen-bond acceptors (Lipinski definition) is 4. The highest BCUT2D eigenvalue weighted by Crippen LogP contribution is 2.05. The minimum absolute atomic E-state index is 0.0735. The first kappa shape index (κ1) is 8.32. The number of halogens is 1. The van der Waals surface area contributed by atoms with E-state index in [1.807, 2.05) is 0 Å². The van der Waals surface area contributed by atoms with Gasteiger partial charge in [0.05, 0.1) is 5.02 Å². The van der Waals surface area contributed by atoms with E-state index >= 15 is 0 Å². The number of nitrogens with two attached hydrogens (primary N) is 1. The molecular formula is C5H6BClN2O2. The molecule has 0 saturated heterocycles. The van der Waals surface area contributed by atoms with Crippen LogP contribution in [-0.2, 0) is 0 Å². The van der Waals surface area contributed by atoms with Crippen LogP contribution in [0.3, 0.4) is 0 Å². The van der Waals surface area contributed by atoms with Gasteiger partial charge in [0.25, 0.3) is 0 Å². The number of anilines is 1. The van der Waals surface area contributed by atoms with Gasteiger partial charge in [-0.05, 0) is 6.07 Å². The molecule has 0 fully saturated rings. The molecule has 4 N–H and O–H groups in total. The summed E-state index contributed by atoms with van der Waals surface area (Å²) in [6.45, 7) is 0. The Morgan fingerprint density at radius 2 is 2.18 bits per heavy atom. The normalized spacial score (nSPS) is 9.73. The summed E-state index contributed by atoms with van der Waals surface area (Å²) in [5, 5.41) is 17.7. The quantitative estimate of drug-likeness (QED) is 0.475. The molecule has 0 atom stereocenters. The predicted octanol–water partition coefficient (Wildman–Crippen LogP) is -1.00. The minimum atomic E-state index is -1.62. The van der Waals surface area contributed by atoms with Gasteiger partial charge < -0.3 is 15.8 Å². The fraction of sp³-hybridized carbons (Fsp3) is 0. The molecule has 1 aromatic heterocycles. The monoisotopic (exact) mass is 172 g/mol. The SMILES string of the molecule is Nc1ncc(Cl)cc1B(O)O. The minimum Gasteiger partial charge on any atom is -0.423 e. The lowest BCUT2D eigenvalue weighted by molar-refractivity contribution is 0.426. The van der Waals surface area contributed by atoms with Crippen molar-refractivity contribution in [1.82, 2.24) is 4.98 Å². The van der Waals surface area contributed by atoms with Gasteiger partial charge in [0.1, 0.15) is 5.82 Å². The van der Waals surface area contributed by atoms with Crippen LogP contribution in [0.25, 0.3) is 0 Å². The fourth-order valence-corrected chi connectivity index (χ4v) is 0.839. The molecule has 0 spiro atoms. The summed E-state index contributed by atoms with van der Waals surface area (Å²) < 4.78 is 0. The summed E-state index contributed by atoms with van der Waals surface area (Å²) in [5.74, 6) is 0.0735. The number of nitrogens with zero attached hydrogens (tertiary/aromatic N) is 1. The zero-order chi connectivity index (χ0) is 8.43. The first-order valence-corrected chi connectivity index (χ1v) is 3.26. The highest BCUT2D eigenvalue weighted by atomic mass is 35.5. The third kappa shape index (κ3) is 1.83. The van der Waals surface area contributed by atoms with Gasteiger partial charge in [0, 0.05) is 11.7 Å². The van der Waals surface area contributed by atoms with Gasteiger partial charge in [-0.3, -0.25) is 0 Å². The van der Waals surface area contributed by atoms with Crippen LogP contribution in [0.4, 0.5) is 5.82 Å². The maximum atomic E-state index is 8.71. The Hall–Kier alpha value is -0.775. The van der Waals surface area contributed by atoms with Crippen molar-refractivity contribution in [3.05, 3.63) is 17.3 Å². The number of hydrogen-bond donors (Lipinski definition) is 3. The van der Waals surface area contributed by atoms with Crippen molar-refractivity contribution in [2.24, 2.45) is 0 Å².